The molecule has 1 aliphatic carbocycles. The van der Waals surface area contributed by atoms with Crippen LogP contribution < -0.4 is 5.56 Å². The third kappa shape index (κ3) is 4.66. The number of aromatic amines is 1. The summed E-state index contributed by atoms with van der Waals surface area (Å²) in [6.07, 6.45) is 6.97. The molecule has 27 heavy (non-hydrogen) atoms. The van der Waals surface area contributed by atoms with E-state index in [1.54, 1.807) is 6.07 Å². The van der Waals surface area contributed by atoms with Crippen LogP contribution >= 0.6 is 11.3 Å². The van der Waals surface area contributed by atoms with E-state index in [2.05, 4.69) is 41.6 Å². The molecule has 4 rings (SSSR count). The molecule has 2 aromatic heterocycles. The predicted octanol–water partition coefficient (Wildman–Crippen LogP) is 5.37. The molecule has 0 saturated heterocycles. The van der Waals surface area contributed by atoms with Gasteiger partial charge in [-0.1, -0.05) is 31.2 Å². The number of fused-ring (bicyclic) bond motifs is 1. The number of carbonyl (C=O) groups is 1. The minimum Gasteiger partial charge on any atom is -0.483 e. The fourth-order valence-electron chi connectivity index (χ4n) is 4.28. The maximum absolute atomic E-state index is 11.2. The molecule has 0 radical (unpaired) electrons. The topological polar surface area (TPSA) is 70.2 Å². The molecule has 5 heteroatoms. The molecular formula is C22H25NO3S. The van der Waals surface area contributed by atoms with Crippen molar-refractivity contribution in [3.8, 4) is 0 Å². The van der Waals surface area contributed by atoms with Crippen molar-refractivity contribution in [3.63, 3.8) is 0 Å². The van der Waals surface area contributed by atoms with Gasteiger partial charge in [0.25, 0.3) is 6.47 Å². The first-order valence-corrected chi connectivity index (χ1v) is 10.2. The van der Waals surface area contributed by atoms with Crippen molar-refractivity contribution in [2.45, 2.75) is 44.4 Å². The lowest BCUT2D eigenvalue weighted by molar-refractivity contribution is -0.122. The summed E-state index contributed by atoms with van der Waals surface area (Å²) >= 11 is 1.87. The van der Waals surface area contributed by atoms with Crippen LogP contribution in [0.5, 0.6) is 0 Å². The minimum absolute atomic E-state index is 0.00810. The Kier molecular flexibility index (Phi) is 6.45. The second-order valence-corrected chi connectivity index (χ2v) is 8.20. The summed E-state index contributed by atoms with van der Waals surface area (Å²) in [6.45, 7) is 2.13. The molecule has 1 fully saturated rings. The largest absolute Gasteiger partial charge is 0.483 e. The highest BCUT2D eigenvalue weighted by Gasteiger charge is 2.28. The summed E-state index contributed by atoms with van der Waals surface area (Å²) in [4.78, 5) is 22.4. The van der Waals surface area contributed by atoms with Gasteiger partial charge >= 0.3 is 0 Å². The zero-order chi connectivity index (χ0) is 19.2. The van der Waals surface area contributed by atoms with Crippen LogP contribution in [-0.4, -0.2) is 16.6 Å². The fraction of sp³-hybridized carbons (Fsp3) is 0.364. The smallest absolute Gasteiger partial charge is 0.290 e. The molecule has 3 aromatic rings. The van der Waals surface area contributed by atoms with E-state index in [9.17, 15) is 4.79 Å². The van der Waals surface area contributed by atoms with Crippen LogP contribution in [0, 0.1) is 5.92 Å². The Morgan fingerprint density at radius 2 is 2.04 bits per heavy atom. The summed E-state index contributed by atoms with van der Waals surface area (Å²) in [6, 6.07) is 12.4. The second kappa shape index (κ2) is 9.00. The molecule has 1 saturated carbocycles. The van der Waals surface area contributed by atoms with Gasteiger partial charge in [-0.05, 0) is 71.4 Å². The lowest BCUT2D eigenvalue weighted by atomic mass is 9.88. The van der Waals surface area contributed by atoms with Crippen LogP contribution in [0.2, 0.25) is 0 Å². The molecule has 0 amide bonds. The van der Waals surface area contributed by atoms with Gasteiger partial charge in [-0.15, -0.1) is 11.3 Å². The molecule has 1 unspecified atom stereocenters. The van der Waals surface area contributed by atoms with E-state index in [1.807, 2.05) is 23.6 Å². The van der Waals surface area contributed by atoms with Gasteiger partial charge in [0, 0.05) is 17.0 Å². The van der Waals surface area contributed by atoms with Crippen LogP contribution in [0.4, 0.5) is 0 Å². The van der Waals surface area contributed by atoms with Crippen molar-refractivity contribution >= 4 is 27.9 Å². The van der Waals surface area contributed by atoms with Gasteiger partial charge < -0.3 is 10.1 Å². The Bertz CT molecular complexity index is 925. The van der Waals surface area contributed by atoms with E-state index in [0.29, 0.717) is 11.8 Å². The molecule has 0 spiro atoms. The van der Waals surface area contributed by atoms with Crippen LogP contribution in [-0.2, 0) is 4.79 Å². The SMILES string of the molecule is C[C@@H](CC1CC[C@H](c2ccc(=O)[nH]c2)C1)c1csc2ccccc12.O=CO. The van der Waals surface area contributed by atoms with Crippen molar-refractivity contribution in [2.75, 3.05) is 0 Å². The molecule has 2 heterocycles. The molecule has 2 N–H and O–H groups in total. The van der Waals surface area contributed by atoms with Gasteiger partial charge in [0.15, 0.2) is 0 Å². The van der Waals surface area contributed by atoms with Crippen molar-refractivity contribution in [1.29, 1.82) is 0 Å². The van der Waals surface area contributed by atoms with Crippen LogP contribution in [0.3, 0.4) is 0 Å². The number of aromatic nitrogens is 1. The van der Waals surface area contributed by atoms with E-state index >= 15 is 0 Å². The zero-order valence-electron chi connectivity index (χ0n) is 15.4. The van der Waals surface area contributed by atoms with Crippen molar-refractivity contribution in [2.24, 2.45) is 5.92 Å². The molecule has 0 bridgehead atoms. The molecule has 1 aliphatic rings. The average Bonchev–Trinajstić information content (AvgIpc) is 3.30. The first-order chi connectivity index (χ1) is 13.1. The third-order valence-corrected chi connectivity index (χ3v) is 6.53. The van der Waals surface area contributed by atoms with Gasteiger partial charge in [-0.25, -0.2) is 0 Å². The number of pyridine rings is 1. The summed E-state index contributed by atoms with van der Waals surface area (Å²) in [5.41, 5.74) is 2.81. The Morgan fingerprint density at radius 3 is 2.78 bits per heavy atom. The van der Waals surface area contributed by atoms with Gasteiger partial charge in [-0.3, -0.25) is 9.59 Å². The standard InChI is InChI=1S/C21H23NOS.CH2O2/c1-14(19-13-24-20-5-3-2-4-18(19)20)10-15-6-7-16(11-15)17-8-9-21(23)22-12-17;2-1-3/h2-5,8-9,12-16H,6-7,10-11H2,1H3,(H,22,23);1H,(H,2,3)/t14-,15?,16-;/m0./s1. The van der Waals surface area contributed by atoms with E-state index in [1.165, 1.54) is 46.9 Å². The lowest BCUT2D eigenvalue weighted by Gasteiger charge is -2.17. The predicted molar refractivity (Wildman–Crippen MR) is 111 cm³/mol. The maximum atomic E-state index is 11.2. The Labute approximate surface area is 162 Å². The summed E-state index contributed by atoms with van der Waals surface area (Å²) in [7, 11) is 0. The summed E-state index contributed by atoms with van der Waals surface area (Å²) in [5.74, 6) is 2.01. The van der Waals surface area contributed by atoms with E-state index in [0.717, 1.165) is 5.92 Å². The highest BCUT2D eigenvalue weighted by molar-refractivity contribution is 7.17. The van der Waals surface area contributed by atoms with Gasteiger partial charge in [-0.2, -0.15) is 0 Å². The fourth-order valence-corrected chi connectivity index (χ4v) is 5.36. The van der Waals surface area contributed by atoms with Crippen molar-refractivity contribution < 1.29 is 9.90 Å². The Hall–Kier alpha value is -2.40. The van der Waals surface area contributed by atoms with E-state index in [-0.39, 0.29) is 12.0 Å². The van der Waals surface area contributed by atoms with E-state index in [4.69, 9.17) is 9.90 Å². The highest BCUT2D eigenvalue weighted by atomic mass is 32.1. The molecular weight excluding hydrogens is 358 g/mol. The van der Waals surface area contributed by atoms with Crippen molar-refractivity contribution in [3.05, 3.63) is 69.5 Å². The monoisotopic (exact) mass is 383 g/mol. The number of benzene rings is 1. The number of carboxylic acid groups (broad SMARTS) is 1. The van der Waals surface area contributed by atoms with Crippen molar-refractivity contribution in [1.82, 2.24) is 4.98 Å². The number of hydrogen-bond acceptors (Lipinski definition) is 3. The third-order valence-electron chi connectivity index (χ3n) is 5.55. The highest BCUT2D eigenvalue weighted by Crippen LogP contribution is 2.43. The molecule has 142 valence electrons. The zero-order valence-corrected chi connectivity index (χ0v) is 16.2. The van der Waals surface area contributed by atoms with Crippen LogP contribution in [0.25, 0.3) is 10.1 Å². The molecule has 4 nitrogen and oxygen atoms in total. The van der Waals surface area contributed by atoms with Crippen LogP contribution in [0.15, 0.2) is 52.8 Å². The number of hydrogen-bond donors (Lipinski definition) is 2. The van der Waals surface area contributed by atoms with E-state index < -0.39 is 0 Å². The number of nitrogens with one attached hydrogen (secondary N) is 1. The molecule has 3 atom stereocenters. The van der Waals surface area contributed by atoms with Gasteiger partial charge in [0.2, 0.25) is 5.56 Å². The van der Waals surface area contributed by atoms with Gasteiger partial charge in [0.1, 0.15) is 0 Å². The number of rotatable bonds is 4. The maximum Gasteiger partial charge on any atom is 0.290 e. The molecule has 0 aliphatic heterocycles. The summed E-state index contributed by atoms with van der Waals surface area (Å²) < 4.78 is 1.40. The average molecular weight is 384 g/mol. The van der Waals surface area contributed by atoms with Crippen LogP contribution in [0.1, 0.15) is 55.6 Å². The quantitative estimate of drug-likeness (QED) is 0.595. The summed E-state index contributed by atoms with van der Waals surface area (Å²) in [5, 5.41) is 10.7. The first-order valence-electron chi connectivity index (χ1n) is 9.35. The normalized spacial score (nSPS) is 20.0. The Balaban J connectivity index is 0.000000659. The minimum atomic E-state index is -0.250. The number of H-pyrrole nitrogens is 1. The number of thiophene rings is 1. The first kappa shape index (κ1) is 19.4. The molecule has 1 aromatic carbocycles. The second-order valence-electron chi connectivity index (χ2n) is 7.29. The Morgan fingerprint density at radius 1 is 1.26 bits per heavy atom. The van der Waals surface area contributed by atoms with Gasteiger partial charge in [0.05, 0.1) is 0 Å². The lowest BCUT2D eigenvalue weighted by Crippen LogP contribution is -2.05.